The van der Waals surface area contributed by atoms with Crippen LogP contribution in [0.25, 0.3) is 27.9 Å². The Bertz CT molecular complexity index is 1760. The predicted molar refractivity (Wildman–Crippen MR) is 166 cm³/mol. The molecule has 43 heavy (non-hydrogen) atoms. The van der Waals surface area contributed by atoms with E-state index in [0.717, 1.165) is 36.2 Å². The minimum atomic E-state index is -0.603. The highest BCUT2D eigenvalue weighted by atomic mass is 16.6. The van der Waals surface area contributed by atoms with Crippen molar-refractivity contribution in [3.63, 3.8) is 0 Å². The van der Waals surface area contributed by atoms with Crippen molar-refractivity contribution in [2.75, 3.05) is 50.1 Å². The molecule has 5 aromatic rings. The van der Waals surface area contributed by atoms with E-state index in [1.165, 1.54) is 5.56 Å². The number of phenolic OH excluding ortho intramolecular Hbond substituents is 1. The summed E-state index contributed by atoms with van der Waals surface area (Å²) >= 11 is 0. The number of fused-ring (bicyclic) bond motifs is 2. The lowest BCUT2D eigenvalue weighted by atomic mass is 10.1. The third-order valence-corrected chi connectivity index (χ3v) is 7.32. The van der Waals surface area contributed by atoms with Crippen LogP contribution in [0.1, 0.15) is 26.3 Å². The lowest BCUT2D eigenvalue weighted by molar-refractivity contribution is -0.155. The summed E-state index contributed by atoms with van der Waals surface area (Å²) in [6, 6.07) is 13.4. The molecule has 0 aliphatic carbocycles. The first kappa shape index (κ1) is 28.4. The molecule has 0 atom stereocenters. The molecule has 0 amide bonds. The third-order valence-electron chi connectivity index (χ3n) is 7.32. The molecular formula is C31H37N9O3. The van der Waals surface area contributed by atoms with E-state index >= 15 is 0 Å². The number of ether oxygens (including phenoxy) is 1. The van der Waals surface area contributed by atoms with Crippen molar-refractivity contribution in [2.24, 2.45) is 0 Å². The first-order chi connectivity index (χ1) is 20.6. The van der Waals surface area contributed by atoms with Crippen molar-refractivity contribution in [1.29, 1.82) is 0 Å². The molecule has 3 aromatic heterocycles. The number of imidazole rings is 1. The van der Waals surface area contributed by atoms with Gasteiger partial charge in [0.25, 0.3) is 0 Å². The standard InChI is InChI=1S/C31H37N9O3/c1-31(2,3)43-26(42)19-39-20-32-27-28(39)34-30(38-15-13-37(14-16-38)22-9-11-23(41)12-10-22)35-29(27)40-25-8-6-7-21(18-36(4)5)24(25)17-33-40/h6-12,17,20,41H,13-16,18-19H2,1-5H3. The van der Waals surface area contributed by atoms with Gasteiger partial charge in [0.15, 0.2) is 17.0 Å². The number of phenols is 1. The number of rotatable bonds is 7. The molecule has 0 spiro atoms. The molecule has 1 N–H and O–H groups in total. The fourth-order valence-corrected chi connectivity index (χ4v) is 5.42. The Labute approximate surface area is 250 Å². The Morgan fingerprint density at radius 3 is 2.42 bits per heavy atom. The quantitative estimate of drug-likeness (QED) is 0.285. The Kier molecular flexibility index (Phi) is 7.38. The first-order valence-corrected chi connectivity index (χ1v) is 14.4. The topological polar surface area (TPSA) is 118 Å². The van der Waals surface area contributed by atoms with Crippen molar-refractivity contribution in [3.05, 3.63) is 60.6 Å². The number of aromatic hydroxyl groups is 1. The minimum Gasteiger partial charge on any atom is -0.508 e. The summed E-state index contributed by atoms with van der Waals surface area (Å²) in [6.45, 7) is 9.21. The molecule has 1 aliphatic heterocycles. The van der Waals surface area contributed by atoms with Crippen LogP contribution in [0.5, 0.6) is 5.75 Å². The maximum absolute atomic E-state index is 12.8. The zero-order valence-corrected chi connectivity index (χ0v) is 25.2. The predicted octanol–water partition coefficient (Wildman–Crippen LogP) is 3.60. The maximum Gasteiger partial charge on any atom is 0.326 e. The summed E-state index contributed by atoms with van der Waals surface area (Å²) < 4.78 is 9.12. The van der Waals surface area contributed by atoms with Crippen molar-refractivity contribution in [1.82, 2.24) is 34.2 Å². The van der Waals surface area contributed by atoms with Gasteiger partial charge in [-0.05, 0) is 70.8 Å². The largest absolute Gasteiger partial charge is 0.508 e. The molecule has 0 radical (unpaired) electrons. The molecule has 1 fully saturated rings. The molecule has 4 heterocycles. The average Bonchev–Trinajstić information content (AvgIpc) is 3.57. The number of esters is 1. The molecule has 0 saturated carbocycles. The van der Waals surface area contributed by atoms with Gasteiger partial charge in [-0.25, -0.2) is 9.67 Å². The number of carbonyl (C=O) groups excluding carboxylic acids is 1. The lowest BCUT2D eigenvalue weighted by Gasteiger charge is -2.36. The van der Waals surface area contributed by atoms with Gasteiger partial charge in [-0.3, -0.25) is 4.79 Å². The van der Waals surface area contributed by atoms with Gasteiger partial charge >= 0.3 is 5.97 Å². The van der Waals surface area contributed by atoms with Crippen molar-refractivity contribution in [2.45, 2.75) is 39.5 Å². The van der Waals surface area contributed by atoms with Crippen molar-refractivity contribution >= 4 is 39.7 Å². The van der Waals surface area contributed by atoms with Crippen LogP contribution in [0.15, 0.2) is 55.0 Å². The van der Waals surface area contributed by atoms with Crippen LogP contribution in [-0.2, 0) is 22.6 Å². The Balaban J connectivity index is 1.39. The minimum absolute atomic E-state index is 0.0227. The van der Waals surface area contributed by atoms with Gasteiger partial charge in [-0.2, -0.15) is 15.1 Å². The lowest BCUT2D eigenvalue weighted by Crippen LogP contribution is -2.47. The van der Waals surface area contributed by atoms with Crippen LogP contribution in [-0.4, -0.2) is 91.2 Å². The second kappa shape index (κ2) is 11.2. The number of hydrogen-bond donors (Lipinski definition) is 1. The molecule has 12 heteroatoms. The number of carbonyl (C=O) groups is 1. The fourth-order valence-electron chi connectivity index (χ4n) is 5.42. The Morgan fingerprint density at radius 1 is 1.00 bits per heavy atom. The zero-order chi connectivity index (χ0) is 30.3. The van der Waals surface area contributed by atoms with E-state index in [-0.39, 0.29) is 18.3 Å². The molecule has 1 saturated heterocycles. The van der Waals surface area contributed by atoms with E-state index in [1.807, 2.05) is 70.0 Å². The number of nitrogens with zero attached hydrogens (tertiary/aromatic N) is 9. The second-order valence-corrected chi connectivity index (χ2v) is 12.1. The molecular weight excluding hydrogens is 546 g/mol. The second-order valence-electron chi connectivity index (χ2n) is 12.1. The molecule has 224 valence electrons. The van der Waals surface area contributed by atoms with Crippen LogP contribution < -0.4 is 9.80 Å². The van der Waals surface area contributed by atoms with Crippen LogP contribution in [0, 0.1) is 0 Å². The van der Waals surface area contributed by atoms with Gasteiger partial charge in [0, 0.05) is 43.8 Å². The number of aromatic nitrogens is 6. The van der Waals surface area contributed by atoms with Crippen molar-refractivity contribution in [3.8, 4) is 11.6 Å². The Morgan fingerprint density at radius 2 is 1.72 bits per heavy atom. The normalized spacial score (nSPS) is 14.3. The SMILES string of the molecule is CN(C)Cc1cccc2c1cnn2-c1nc(N2CCN(c3ccc(O)cc3)CC2)nc2c1ncn2CC(=O)OC(C)(C)C. The summed E-state index contributed by atoms with van der Waals surface area (Å²) in [6.07, 6.45) is 3.48. The summed E-state index contributed by atoms with van der Waals surface area (Å²) in [5, 5.41) is 15.5. The summed E-state index contributed by atoms with van der Waals surface area (Å²) in [4.78, 5) is 34.0. The molecule has 12 nitrogen and oxygen atoms in total. The van der Waals surface area contributed by atoms with E-state index in [1.54, 1.807) is 23.0 Å². The first-order valence-electron chi connectivity index (χ1n) is 14.4. The van der Waals surface area contributed by atoms with E-state index < -0.39 is 5.60 Å². The highest BCUT2D eigenvalue weighted by molar-refractivity contribution is 5.88. The van der Waals surface area contributed by atoms with Crippen LogP contribution in [0.3, 0.4) is 0 Å². The van der Waals surface area contributed by atoms with Gasteiger partial charge in [-0.15, -0.1) is 0 Å². The highest BCUT2D eigenvalue weighted by Crippen LogP contribution is 2.28. The zero-order valence-electron chi connectivity index (χ0n) is 25.2. The van der Waals surface area contributed by atoms with Gasteiger partial charge in [0.1, 0.15) is 17.9 Å². The number of piperazine rings is 1. The van der Waals surface area contributed by atoms with E-state index in [4.69, 9.17) is 19.8 Å². The number of benzene rings is 2. The molecule has 6 rings (SSSR count). The molecule has 2 aromatic carbocycles. The van der Waals surface area contributed by atoms with Crippen LogP contribution in [0.4, 0.5) is 11.6 Å². The van der Waals surface area contributed by atoms with E-state index in [9.17, 15) is 9.90 Å². The van der Waals surface area contributed by atoms with Gasteiger partial charge in [-0.1, -0.05) is 12.1 Å². The molecule has 1 aliphatic rings. The van der Waals surface area contributed by atoms with Crippen molar-refractivity contribution < 1.29 is 14.6 Å². The fraction of sp³-hybridized carbons (Fsp3) is 0.387. The van der Waals surface area contributed by atoms with Crippen LogP contribution >= 0.6 is 0 Å². The average molecular weight is 584 g/mol. The summed E-state index contributed by atoms with van der Waals surface area (Å²) in [5.41, 5.74) is 3.64. The van der Waals surface area contributed by atoms with E-state index in [2.05, 4.69) is 25.8 Å². The third kappa shape index (κ3) is 5.96. The van der Waals surface area contributed by atoms with Crippen LogP contribution in [0.2, 0.25) is 0 Å². The monoisotopic (exact) mass is 583 g/mol. The summed E-state index contributed by atoms with van der Waals surface area (Å²) in [5.74, 6) is 0.987. The van der Waals surface area contributed by atoms with Gasteiger partial charge in [0.05, 0.1) is 18.0 Å². The number of anilines is 2. The smallest absolute Gasteiger partial charge is 0.326 e. The van der Waals surface area contributed by atoms with E-state index in [0.29, 0.717) is 36.0 Å². The van der Waals surface area contributed by atoms with Gasteiger partial charge in [0.2, 0.25) is 5.95 Å². The Hall–Kier alpha value is -4.71. The van der Waals surface area contributed by atoms with Gasteiger partial charge < -0.3 is 29.1 Å². The number of hydrogen-bond acceptors (Lipinski definition) is 10. The maximum atomic E-state index is 12.8. The molecule has 0 bridgehead atoms. The summed E-state index contributed by atoms with van der Waals surface area (Å²) in [7, 11) is 4.09. The molecule has 0 unspecified atom stereocenters. The highest BCUT2D eigenvalue weighted by Gasteiger charge is 2.25.